The van der Waals surface area contributed by atoms with Gasteiger partial charge in [0.25, 0.3) is 0 Å². The van der Waals surface area contributed by atoms with Crippen LogP contribution in [0.25, 0.3) is 0 Å². The predicted molar refractivity (Wildman–Crippen MR) is 65.6 cm³/mol. The van der Waals surface area contributed by atoms with E-state index in [0.29, 0.717) is 16.7 Å². The van der Waals surface area contributed by atoms with E-state index in [1.54, 1.807) is 25.1 Å². The third-order valence-electron chi connectivity index (χ3n) is 2.64. The van der Waals surface area contributed by atoms with Crippen LogP contribution in [0.2, 0.25) is 0 Å². The molecule has 0 bridgehead atoms. The topological polar surface area (TPSA) is 17.1 Å². The van der Waals surface area contributed by atoms with Gasteiger partial charge in [0.1, 0.15) is 11.6 Å². The quantitative estimate of drug-likeness (QED) is 0.755. The van der Waals surface area contributed by atoms with Crippen molar-refractivity contribution in [3.8, 4) is 0 Å². The highest BCUT2D eigenvalue weighted by atomic mass is 19.1. The second-order valence-electron chi connectivity index (χ2n) is 4.24. The van der Waals surface area contributed by atoms with Crippen molar-refractivity contribution >= 4 is 5.78 Å². The monoisotopic (exact) mass is 246 g/mol. The third-order valence-corrected chi connectivity index (χ3v) is 2.64. The fourth-order valence-electron chi connectivity index (χ4n) is 1.79. The number of rotatable bonds is 3. The highest BCUT2D eigenvalue weighted by molar-refractivity contribution is 5.97. The maximum atomic E-state index is 13.2. The Morgan fingerprint density at radius 2 is 1.67 bits per heavy atom. The molecule has 2 rings (SSSR count). The Morgan fingerprint density at radius 1 is 1.00 bits per heavy atom. The maximum Gasteiger partial charge on any atom is 0.167 e. The molecular weight excluding hydrogens is 234 g/mol. The molecule has 92 valence electrons. The first-order chi connectivity index (χ1) is 8.54. The number of hydrogen-bond acceptors (Lipinski definition) is 1. The number of aryl methyl sites for hydroxylation is 1. The number of carbonyl (C=O) groups excluding carboxylic acids is 1. The molecule has 0 fully saturated rings. The molecule has 0 saturated carbocycles. The van der Waals surface area contributed by atoms with Crippen LogP contribution in [-0.4, -0.2) is 5.78 Å². The molecule has 18 heavy (non-hydrogen) atoms. The highest BCUT2D eigenvalue weighted by Gasteiger charge is 2.09. The largest absolute Gasteiger partial charge is 0.294 e. The van der Waals surface area contributed by atoms with Crippen LogP contribution in [0, 0.1) is 18.6 Å². The van der Waals surface area contributed by atoms with Gasteiger partial charge < -0.3 is 0 Å². The van der Waals surface area contributed by atoms with Crippen molar-refractivity contribution in [2.45, 2.75) is 13.3 Å². The van der Waals surface area contributed by atoms with E-state index in [2.05, 4.69) is 0 Å². The van der Waals surface area contributed by atoms with Crippen LogP contribution in [0.5, 0.6) is 0 Å². The van der Waals surface area contributed by atoms with Gasteiger partial charge in [0.2, 0.25) is 0 Å². The Morgan fingerprint density at radius 3 is 2.28 bits per heavy atom. The van der Waals surface area contributed by atoms with Crippen molar-refractivity contribution in [1.29, 1.82) is 0 Å². The predicted octanol–water partition coefficient (Wildman–Crippen LogP) is 3.70. The van der Waals surface area contributed by atoms with Gasteiger partial charge in [-0.15, -0.1) is 0 Å². The van der Waals surface area contributed by atoms with Gasteiger partial charge in [-0.25, -0.2) is 8.78 Å². The molecule has 2 aromatic carbocycles. The summed E-state index contributed by atoms with van der Waals surface area (Å²) in [6.45, 7) is 1.73. The highest BCUT2D eigenvalue weighted by Crippen LogP contribution is 2.12. The SMILES string of the molecule is Cc1cc(F)cc(C(=O)Cc2ccc(F)cc2)c1. The van der Waals surface area contributed by atoms with Gasteiger partial charge in [0.05, 0.1) is 0 Å². The van der Waals surface area contributed by atoms with E-state index in [0.717, 1.165) is 0 Å². The van der Waals surface area contributed by atoms with E-state index in [9.17, 15) is 13.6 Å². The fourth-order valence-corrected chi connectivity index (χ4v) is 1.79. The van der Waals surface area contributed by atoms with Crippen molar-refractivity contribution in [3.63, 3.8) is 0 Å². The molecule has 0 N–H and O–H groups in total. The Bertz CT molecular complexity index is 553. The lowest BCUT2D eigenvalue weighted by Crippen LogP contribution is -2.04. The fraction of sp³-hybridized carbons (Fsp3) is 0.133. The molecule has 0 saturated heterocycles. The first kappa shape index (κ1) is 12.4. The molecule has 1 nitrogen and oxygen atoms in total. The van der Waals surface area contributed by atoms with Gasteiger partial charge in [-0.3, -0.25) is 4.79 Å². The number of halogens is 2. The standard InChI is InChI=1S/C15H12F2O/c1-10-6-12(9-14(17)7-10)15(18)8-11-2-4-13(16)5-3-11/h2-7,9H,8H2,1H3. The summed E-state index contributed by atoms with van der Waals surface area (Å²) in [6, 6.07) is 9.96. The molecule has 0 unspecified atom stereocenters. The van der Waals surface area contributed by atoms with E-state index in [-0.39, 0.29) is 18.0 Å². The van der Waals surface area contributed by atoms with Crippen molar-refractivity contribution in [2.75, 3.05) is 0 Å². The average Bonchev–Trinajstić information content (AvgIpc) is 2.31. The molecule has 0 radical (unpaired) electrons. The molecule has 0 amide bonds. The van der Waals surface area contributed by atoms with Crippen molar-refractivity contribution < 1.29 is 13.6 Å². The van der Waals surface area contributed by atoms with Crippen LogP contribution >= 0.6 is 0 Å². The van der Waals surface area contributed by atoms with E-state index >= 15 is 0 Å². The van der Waals surface area contributed by atoms with Crippen LogP contribution in [0.1, 0.15) is 21.5 Å². The second-order valence-corrected chi connectivity index (χ2v) is 4.24. The summed E-state index contributed by atoms with van der Waals surface area (Å²) in [7, 11) is 0. The van der Waals surface area contributed by atoms with E-state index in [4.69, 9.17) is 0 Å². The number of ketones is 1. The Kier molecular flexibility index (Phi) is 3.51. The van der Waals surface area contributed by atoms with E-state index in [1.807, 2.05) is 0 Å². The van der Waals surface area contributed by atoms with Crippen LogP contribution in [0.3, 0.4) is 0 Å². The molecule has 0 aromatic heterocycles. The number of hydrogen-bond donors (Lipinski definition) is 0. The summed E-state index contributed by atoms with van der Waals surface area (Å²) < 4.78 is 25.9. The Hall–Kier alpha value is -2.03. The van der Waals surface area contributed by atoms with Crippen LogP contribution < -0.4 is 0 Å². The first-order valence-electron chi connectivity index (χ1n) is 5.59. The van der Waals surface area contributed by atoms with Crippen LogP contribution in [-0.2, 0) is 6.42 Å². The van der Waals surface area contributed by atoms with Gasteiger partial charge >= 0.3 is 0 Å². The van der Waals surface area contributed by atoms with Crippen LogP contribution in [0.4, 0.5) is 8.78 Å². The normalized spacial score (nSPS) is 10.4. The molecule has 0 aliphatic carbocycles. The number of carbonyl (C=O) groups is 1. The number of benzene rings is 2. The summed E-state index contributed by atoms with van der Waals surface area (Å²) in [6.07, 6.45) is 0.142. The summed E-state index contributed by atoms with van der Waals surface area (Å²) in [4.78, 5) is 11.9. The molecule has 0 aliphatic rings. The second kappa shape index (κ2) is 5.08. The zero-order valence-corrected chi connectivity index (χ0v) is 9.91. The minimum absolute atomic E-state index is 0.142. The molecule has 0 atom stereocenters. The van der Waals surface area contributed by atoms with E-state index in [1.165, 1.54) is 24.3 Å². The lowest BCUT2D eigenvalue weighted by atomic mass is 10.0. The lowest BCUT2D eigenvalue weighted by Gasteiger charge is -2.03. The Labute approximate surface area is 104 Å². The number of Topliss-reactive ketones (excluding diaryl/α,β-unsaturated/α-hetero) is 1. The average molecular weight is 246 g/mol. The van der Waals surface area contributed by atoms with Gasteiger partial charge in [-0.2, -0.15) is 0 Å². The minimum Gasteiger partial charge on any atom is -0.294 e. The van der Waals surface area contributed by atoms with Crippen molar-refractivity contribution in [2.24, 2.45) is 0 Å². The van der Waals surface area contributed by atoms with Gasteiger partial charge in [-0.05, 0) is 48.4 Å². The lowest BCUT2D eigenvalue weighted by molar-refractivity contribution is 0.0992. The molecule has 2 aromatic rings. The first-order valence-corrected chi connectivity index (χ1v) is 5.59. The maximum absolute atomic E-state index is 13.2. The minimum atomic E-state index is -0.419. The van der Waals surface area contributed by atoms with Gasteiger partial charge in [-0.1, -0.05) is 12.1 Å². The summed E-state index contributed by atoms with van der Waals surface area (Å²) in [5, 5.41) is 0. The summed E-state index contributed by atoms with van der Waals surface area (Å²) >= 11 is 0. The van der Waals surface area contributed by atoms with Crippen molar-refractivity contribution in [3.05, 3.63) is 70.8 Å². The van der Waals surface area contributed by atoms with Crippen LogP contribution in [0.15, 0.2) is 42.5 Å². The zero-order chi connectivity index (χ0) is 13.1. The summed E-state index contributed by atoms with van der Waals surface area (Å²) in [5.74, 6) is -0.936. The zero-order valence-electron chi connectivity index (χ0n) is 9.91. The molecule has 0 spiro atoms. The van der Waals surface area contributed by atoms with Gasteiger partial charge in [0, 0.05) is 12.0 Å². The third kappa shape index (κ3) is 3.00. The van der Waals surface area contributed by atoms with Gasteiger partial charge in [0.15, 0.2) is 5.78 Å². The molecular formula is C15H12F2O. The molecule has 3 heteroatoms. The molecule has 0 heterocycles. The Balaban J connectivity index is 2.19. The molecule has 0 aliphatic heterocycles. The smallest absolute Gasteiger partial charge is 0.167 e. The van der Waals surface area contributed by atoms with E-state index < -0.39 is 5.82 Å². The summed E-state index contributed by atoms with van der Waals surface area (Å²) in [5.41, 5.74) is 1.76. The van der Waals surface area contributed by atoms with Crippen molar-refractivity contribution in [1.82, 2.24) is 0 Å².